The number of rotatable bonds is 2. The van der Waals surface area contributed by atoms with E-state index in [4.69, 9.17) is 34.8 Å². The molecule has 0 aliphatic heterocycles. The molecule has 1 amide bonds. The Morgan fingerprint density at radius 1 is 1.19 bits per heavy atom. The summed E-state index contributed by atoms with van der Waals surface area (Å²) in [6.45, 7) is 3.08. The molecule has 6 heteroatoms. The van der Waals surface area contributed by atoms with Crippen molar-refractivity contribution < 1.29 is 4.79 Å². The maximum atomic E-state index is 10.7. The maximum absolute atomic E-state index is 10.7. The molecule has 0 spiro atoms. The van der Waals surface area contributed by atoms with Gasteiger partial charge in [-0.1, -0.05) is 40.9 Å². The van der Waals surface area contributed by atoms with Crippen LogP contribution in [-0.2, 0) is 4.79 Å². The number of benzene rings is 1. The molecule has 3 nitrogen and oxygen atoms in total. The first-order valence-electron chi connectivity index (χ1n) is 4.38. The van der Waals surface area contributed by atoms with Crippen molar-refractivity contribution in [2.24, 2.45) is 5.10 Å². The lowest BCUT2D eigenvalue weighted by molar-refractivity contribution is -0.118. The molecule has 0 aliphatic rings. The van der Waals surface area contributed by atoms with E-state index >= 15 is 0 Å². The second kappa shape index (κ2) is 5.53. The molecule has 0 unspecified atom stereocenters. The number of carbonyl (C=O) groups excluding carboxylic acids is 1. The fourth-order valence-corrected chi connectivity index (χ4v) is 1.70. The zero-order valence-electron chi connectivity index (χ0n) is 8.64. The molecule has 0 saturated heterocycles. The summed E-state index contributed by atoms with van der Waals surface area (Å²) in [5.74, 6) is -0.254. The first-order chi connectivity index (χ1) is 7.43. The van der Waals surface area contributed by atoms with Gasteiger partial charge in [0.2, 0.25) is 5.91 Å². The lowest BCUT2D eigenvalue weighted by Gasteiger charge is -2.06. The summed E-state index contributed by atoms with van der Waals surface area (Å²) in [6, 6.07) is 3.31. The van der Waals surface area contributed by atoms with Crippen molar-refractivity contribution in [3.05, 3.63) is 32.8 Å². The average molecular weight is 280 g/mol. The van der Waals surface area contributed by atoms with Gasteiger partial charge in [0.15, 0.2) is 0 Å². The van der Waals surface area contributed by atoms with Crippen LogP contribution < -0.4 is 5.43 Å². The van der Waals surface area contributed by atoms with Gasteiger partial charge < -0.3 is 0 Å². The standard InChI is InChI=1S/C10H9Cl3N2O/c1-5(14-15-6(2)16)7-3-4-8(11)10(13)9(7)12/h3-4H,1-2H3,(H,15,16)/b14-5-. The molecule has 0 fully saturated rings. The van der Waals surface area contributed by atoms with E-state index in [1.807, 2.05) is 0 Å². The normalized spacial score (nSPS) is 11.4. The number of halogens is 3. The molecule has 0 saturated carbocycles. The number of carbonyl (C=O) groups is 1. The molecule has 1 N–H and O–H groups in total. The predicted octanol–water partition coefficient (Wildman–Crippen LogP) is 3.51. The van der Waals surface area contributed by atoms with Gasteiger partial charge in [-0.15, -0.1) is 0 Å². The Morgan fingerprint density at radius 2 is 1.81 bits per heavy atom. The van der Waals surface area contributed by atoms with Gasteiger partial charge in [-0.05, 0) is 13.0 Å². The average Bonchev–Trinajstić information content (AvgIpc) is 2.23. The Bertz CT molecular complexity index is 458. The Morgan fingerprint density at radius 3 is 2.38 bits per heavy atom. The molecule has 1 rings (SSSR count). The van der Waals surface area contributed by atoms with Gasteiger partial charge in [0, 0.05) is 12.5 Å². The zero-order chi connectivity index (χ0) is 12.3. The molecule has 1 aromatic rings. The van der Waals surface area contributed by atoms with Crippen molar-refractivity contribution in [3.8, 4) is 0 Å². The lowest BCUT2D eigenvalue weighted by atomic mass is 10.1. The Balaban J connectivity index is 3.10. The fraction of sp³-hybridized carbons (Fsp3) is 0.200. The molecule has 86 valence electrons. The minimum Gasteiger partial charge on any atom is -0.274 e. The van der Waals surface area contributed by atoms with Crippen LogP contribution >= 0.6 is 34.8 Å². The van der Waals surface area contributed by atoms with Crippen LogP contribution in [0, 0.1) is 0 Å². The third-order valence-corrected chi connectivity index (χ3v) is 3.10. The van der Waals surface area contributed by atoms with Gasteiger partial charge in [-0.25, -0.2) is 5.43 Å². The second-order valence-electron chi connectivity index (χ2n) is 3.09. The van der Waals surface area contributed by atoms with Crippen molar-refractivity contribution >= 4 is 46.4 Å². The Labute approximate surface area is 108 Å². The van der Waals surface area contributed by atoms with E-state index in [1.165, 1.54) is 6.92 Å². The largest absolute Gasteiger partial charge is 0.274 e. The van der Waals surface area contributed by atoms with Gasteiger partial charge in [0.1, 0.15) is 0 Å². The minimum absolute atomic E-state index is 0.254. The number of nitrogens with one attached hydrogen (secondary N) is 1. The smallest absolute Gasteiger partial charge is 0.236 e. The van der Waals surface area contributed by atoms with Crippen molar-refractivity contribution in [2.75, 3.05) is 0 Å². The van der Waals surface area contributed by atoms with E-state index in [2.05, 4.69) is 10.5 Å². The molecular formula is C10H9Cl3N2O. The van der Waals surface area contributed by atoms with Crippen LogP contribution in [0.15, 0.2) is 17.2 Å². The van der Waals surface area contributed by atoms with Crippen LogP contribution in [-0.4, -0.2) is 11.6 Å². The predicted molar refractivity (Wildman–Crippen MR) is 67.5 cm³/mol. The number of hydrogen-bond donors (Lipinski definition) is 1. The highest BCUT2D eigenvalue weighted by molar-refractivity contribution is 6.49. The molecule has 0 aliphatic carbocycles. The molecular weight excluding hydrogens is 270 g/mol. The molecule has 1 aromatic carbocycles. The highest BCUT2D eigenvalue weighted by Crippen LogP contribution is 2.32. The van der Waals surface area contributed by atoms with Crippen LogP contribution in [0.25, 0.3) is 0 Å². The van der Waals surface area contributed by atoms with Crippen LogP contribution in [0.2, 0.25) is 15.1 Å². The van der Waals surface area contributed by atoms with E-state index in [0.29, 0.717) is 21.3 Å². The van der Waals surface area contributed by atoms with Crippen molar-refractivity contribution in [1.82, 2.24) is 5.43 Å². The van der Waals surface area contributed by atoms with Gasteiger partial charge in [0.05, 0.1) is 20.8 Å². The fourth-order valence-electron chi connectivity index (χ4n) is 1.03. The topological polar surface area (TPSA) is 41.5 Å². The first-order valence-corrected chi connectivity index (χ1v) is 5.51. The van der Waals surface area contributed by atoms with Gasteiger partial charge in [-0.2, -0.15) is 5.10 Å². The van der Waals surface area contributed by atoms with E-state index in [0.717, 1.165) is 0 Å². The number of amides is 1. The first kappa shape index (κ1) is 13.3. The third-order valence-electron chi connectivity index (χ3n) is 1.81. The Hall–Kier alpha value is -0.770. The zero-order valence-corrected chi connectivity index (χ0v) is 10.9. The SMILES string of the molecule is CC(=O)N/N=C(/C)c1ccc(Cl)c(Cl)c1Cl. The highest BCUT2D eigenvalue weighted by atomic mass is 35.5. The molecule has 16 heavy (non-hydrogen) atoms. The van der Waals surface area contributed by atoms with Crippen LogP contribution in [0.3, 0.4) is 0 Å². The van der Waals surface area contributed by atoms with Crippen LogP contribution in [0.1, 0.15) is 19.4 Å². The van der Waals surface area contributed by atoms with Gasteiger partial charge >= 0.3 is 0 Å². The quantitative estimate of drug-likeness (QED) is 0.502. The lowest BCUT2D eigenvalue weighted by Crippen LogP contribution is -2.15. The van der Waals surface area contributed by atoms with Crippen LogP contribution in [0.5, 0.6) is 0 Å². The Kier molecular flexibility index (Phi) is 4.59. The van der Waals surface area contributed by atoms with E-state index in [9.17, 15) is 4.79 Å². The highest BCUT2D eigenvalue weighted by Gasteiger charge is 2.10. The minimum atomic E-state index is -0.254. The number of hydrogen-bond acceptors (Lipinski definition) is 2. The summed E-state index contributed by atoms with van der Waals surface area (Å²) < 4.78 is 0. The molecule has 0 atom stereocenters. The summed E-state index contributed by atoms with van der Waals surface area (Å²) in [4.78, 5) is 10.7. The van der Waals surface area contributed by atoms with E-state index < -0.39 is 0 Å². The maximum Gasteiger partial charge on any atom is 0.236 e. The monoisotopic (exact) mass is 278 g/mol. The third kappa shape index (κ3) is 3.11. The van der Waals surface area contributed by atoms with Gasteiger partial charge in [-0.3, -0.25) is 4.79 Å². The molecule has 0 bridgehead atoms. The van der Waals surface area contributed by atoms with Crippen molar-refractivity contribution in [1.29, 1.82) is 0 Å². The van der Waals surface area contributed by atoms with Crippen molar-refractivity contribution in [2.45, 2.75) is 13.8 Å². The second-order valence-corrected chi connectivity index (χ2v) is 4.25. The summed E-state index contributed by atoms with van der Waals surface area (Å²) in [7, 11) is 0. The number of hydrazone groups is 1. The van der Waals surface area contributed by atoms with Gasteiger partial charge in [0.25, 0.3) is 0 Å². The van der Waals surface area contributed by atoms with Crippen molar-refractivity contribution in [3.63, 3.8) is 0 Å². The summed E-state index contributed by atoms with van der Waals surface area (Å²) in [5, 5.41) is 4.83. The molecule has 0 aromatic heterocycles. The summed E-state index contributed by atoms with van der Waals surface area (Å²) >= 11 is 17.7. The summed E-state index contributed by atoms with van der Waals surface area (Å²) in [6.07, 6.45) is 0. The van der Waals surface area contributed by atoms with Crippen LogP contribution in [0.4, 0.5) is 0 Å². The molecule has 0 heterocycles. The van der Waals surface area contributed by atoms with E-state index in [-0.39, 0.29) is 10.9 Å². The number of nitrogens with zero attached hydrogens (tertiary/aromatic N) is 1. The summed E-state index contributed by atoms with van der Waals surface area (Å²) in [5.41, 5.74) is 3.50. The molecule has 0 radical (unpaired) electrons. The van der Waals surface area contributed by atoms with E-state index in [1.54, 1.807) is 19.1 Å².